The summed E-state index contributed by atoms with van der Waals surface area (Å²) in [6.45, 7) is 5.21. The summed E-state index contributed by atoms with van der Waals surface area (Å²) >= 11 is 3.93. The fourth-order valence-corrected chi connectivity index (χ4v) is 4.62. The number of nitrogens with zero attached hydrogens (tertiary/aromatic N) is 1. The van der Waals surface area contributed by atoms with Gasteiger partial charge in [-0.15, -0.1) is 11.3 Å². The van der Waals surface area contributed by atoms with Gasteiger partial charge in [0.1, 0.15) is 0 Å². The SMILES string of the molecule is CCN(Cc1cccs1)C(CN)C1CCSC1. The van der Waals surface area contributed by atoms with E-state index >= 15 is 0 Å². The number of nitrogens with two attached hydrogens (primary N) is 1. The standard InChI is InChI=1S/C13H22N2S2/c1-2-15(9-12-4-3-6-17-12)13(8-14)11-5-7-16-10-11/h3-4,6,11,13H,2,5,7-10,14H2,1H3. The molecule has 0 radical (unpaired) electrons. The van der Waals surface area contributed by atoms with Crippen LogP contribution in [0.4, 0.5) is 0 Å². The fraction of sp³-hybridized carbons (Fsp3) is 0.692. The van der Waals surface area contributed by atoms with Crippen molar-refractivity contribution in [1.82, 2.24) is 4.90 Å². The molecule has 1 aromatic heterocycles. The van der Waals surface area contributed by atoms with Crippen molar-refractivity contribution in [2.24, 2.45) is 11.7 Å². The molecule has 0 spiro atoms. The van der Waals surface area contributed by atoms with Crippen molar-refractivity contribution < 1.29 is 0 Å². The molecule has 1 aromatic rings. The first-order valence-electron chi connectivity index (χ1n) is 6.39. The number of thiophene rings is 1. The van der Waals surface area contributed by atoms with Crippen molar-refractivity contribution in [1.29, 1.82) is 0 Å². The third-order valence-corrected chi connectivity index (χ3v) is 5.61. The highest BCUT2D eigenvalue weighted by atomic mass is 32.2. The molecule has 0 saturated carbocycles. The Morgan fingerprint density at radius 1 is 1.59 bits per heavy atom. The lowest BCUT2D eigenvalue weighted by molar-refractivity contribution is 0.156. The van der Waals surface area contributed by atoms with Crippen molar-refractivity contribution in [2.45, 2.75) is 25.9 Å². The molecule has 96 valence electrons. The second-order valence-corrected chi connectivity index (χ2v) is 6.75. The predicted molar refractivity (Wildman–Crippen MR) is 78.7 cm³/mol. The highest BCUT2D eigenvalue weighted by Crippen LogP contribution is 2.29. The van der Waals surface area contributed by atoms with Crippen molar-refractivity contribution in [3.05, 3.63) is 22.4 Å². The van der Waals surface area contributed by atoms with Crippen molar-refractivity contribution >= 4 is 23.1 Å². The molecule has 0 bridgehead atoms. The molecule has 2 N–H and O–H groups in total. The Balaban J connectivity index is 1.99. The Morgan fingerprint density at radius 2 is 2.47 bits per heavy atom. The van der Waals surface area contributed by atoms with E-state index in [0.717, 1.165) is 25.6 Å². The maximum Gasteiger partial charge on any atom is 0.0331 e. The van der Waals surface area contributed by atoms with Gasteiger partial charge in [0.25, 0.3) is 0 Å². The first-order valence-corrected chi connectivity index (χ1v) is 8.42. The van der Waals surface area contributed by atoms with Crippen molar-refractivity contribution in [2.75, 3.05) is 24.6 Å². The maximum atomic E-state index is 6.01. The van der Waals surface area contributed by atoms with Gasteiger partial charge >= 0.3 is 0 Å². The molecule has 4 heteroatoms. The molecule has 2 rings (SSSR count). The zero-order valence-electron chi connectivity index (χ0n) is 10.5. The molecule has 1 aliphatic heterocycles. The maximum absolute atomic E-state index is 6.01. The summed E-state index contributed by atoms with van der Waals surface area (Å²) < 4.78 is 0. The molecular formula is C13H22N2S2. The van der Waals surface area contributed by atoms with Crippen LogP contribution in [0.25, 0.3) is 0 Å². The predicted octanol–water partition coefficient (Wildman–Crippen LogP) is 2.65. The van der Waals surface area contributed by atoms with Gasteiger partial charge in [-0.25, -0.2) is 0 Å². The molecule has 2 nitrogen and oxygen atoms in total. The zero-order chi connectivity index (χ0) is 12.1. The van der Waals surface area contributed by atoms with Gasteiger partial charge in [-0.3, -0.25) is 4.90 Å². The van der Waals surface area contributed by atoms with Gasteiger partial charge in [0.2, 0.25) is 0 Å². The van der Waals surface area contributed by atoms with Crippen LogP contribution in [-0.2, 0) is 6.54 Å². The van der Waals surface area contributed by atoms with Gasteiger partial charge < -0.3 is 5.73 Å². The van der Waals surface area contributed by atoms with E-state index in [9.17, 15) is 0 Å². The number of hydrogen-bond acceptors (Lipinski definition) is 4. The Hall–Kier alpha value is -0.0300. The number of rotatable bonds is 6. The first kappa shape index (κ1) is 13.4. The molecule has 0 aromatic carbocycles. The lowest BCUT2D eigenvalue weighted by Gasteiger charge is -2.33. The average Bonchev–Trinajstić information content (AvgIpc) is 3.00. The van der Waals surface area contributed by atoms with Crippen LogP contribution in [0, 0.1) is 5.92 Å². The second-order valence-electron chi connectivity index (χ2n) is 4.57. The van der Waals surface area contributed by atoms with E-state index < -0.39 is 0 Å². The molecule has 2 unspecified atom stereocenters. The molecule has 0 aliphatic carbocycles. The first-order chi connectivity index (χ1) is 8.35. The van der Waals surface area contributed by atoms with Crippen LogP contribution in [-0.4, -0.2) is 35.5 Å². The molecule has 1 saturated heterocycles. The second kappa shape index (κ2) is 6.78. The highest BCUT2D eigenvalue weighted by Gasteiger charge is 2.28. The quantitative estimate of drug-likeness (QED) is 0.862. The molecule has 2 atom stereocenters. The van der Waals surface area contributed by atoms with E-state index in [-0.39, 0.29) is 0 Å². The summed E-state index contributed by atoms with van der Waals surface area (Å²) in [5, 5.41) is 2.16. The Labute approximate surface area is 113 Å². The molecule has 0 amide bonds. The minimum absolute atomic E-state index is 0.567. The summed E-state index contributed by atoms with van der Waals surface area (Å²) in [7, 11) is 0. The number of thioether (sulfide) groups is 1. The monoisotopic (exact) mass is 270 g/mol. The van der Waals surface area contributed by atoms with Crippen LogP contribution in [0.15, 0.2) is 17.5 Å². The summed E-state index contributed by atoms with van der Waals surface area (Å²) in [5.41, 5.74) is 6.01. The van der Waals surface area contributed by atoms with E-state index in [2.05, 4.69) is 41.1 Å². The molecule has 17 heavy (non-hydrogen) atoms. The van der Waals surface area contributed by atoms with Gasteiger partial charge in [0, 0.05) is 24.0 Å². The lowest BCUT2D eigenvalue weighted by Crippen LogP contribution is -2.45. The van der Waals surface area contributed by atoms with Crippen LogP contribution in [0.3, 0.4) is 0 Å². The zero-order valence-corrected chi connectivity index (χ0v) is 12.1. The summed E-state index contributed by atoms with van der Waals surface area (Å²) in [6, 6.07) is 4.93. The molecule has 1 aliphatic rings. The molecule has 2 heterocycles. The van der Waals surface area contributed by atoms with Crippen LogP contribution < -0.4 is 5.73 Å². The van der Waals surface area contributed by atoms with Gasteiger partial charge in [0.05, 0.1) is 0 Å². The molecular weight excluding hydrogens is 248 g/mol. The third kappa shape index (κ3) is 3.47. The topological polar surface area (TPSA) is 29.3 Å². The smallest absolute Gasteiger partial charge is 0.0331 e. The number of likely N-dealkylation sites (N-methyl/N-ethyl adjacent to an activating group) is 1. The van der Waals surface area contributed by atoms with Crippen molar-refractivity contribution in [3.8, 4) is 0 Å². The lowest BCUT2D eigenvalue weighted by atomic mass is 9.97. The normalized spacial score (nSPS) is 22.2. The van der Waals surface area contributed by atoms with Gasteiger partial charge in [-0.05, 0) is 41.8 Å². The van der Waals surface area contributed by atoms with Gasteiger partial charge in [-0.2, -0.15) is 11.8 Å². The Morgan fingerprint density at radius 3 is 3.00 bits per heavy atom. The minimum Gasteiger partial charge on any atom is -0.329 e. The van der Waals surface area contributed by atoms with E-state index in [1.807, 2.05) is 11.3 Å². The molecule has 1 fully saturated rings. The van der Waals surface area contributed by atoms with Crippen LogP contribution >= 0.6 is 23.1 Å². The fourth-order valence-electron chi connectivity index (χ4n) is 2.56. The summed E-state index contributed by atoms with van der Waals surface area (Å²) in [5.74, 6) is 3.41. The number of hydrogen-bond donors (Lipinski definition) is 1. The van der Waals surface area contributed by atoms with E-state index in [0.29, 0.717) is 6.04 Å². The largest absolute Gasteiger partial charge is 0.329 e. The average molecular weight is 270 g/mol. The van der Waals surface area contributed by atoms with Gasteiger partial charge in [-0.1, -0.05) is 13.0 Å². The minimum atomic E-state index is 0.567. The van der Waals surface area contributed by atoms with Crippen LogP contribution in [0.5, 0.6) is 0 Å². The Bertz CT molecular complexity index is 307. The third-order valence-electron chi connectivity index (χ3n) is 3.56. The van der Waals surface area contributed by atoms with E-state index in [1.54, 1.807) is 0 Å². The van der Waals surface area contributed by atoms with E-state index in [4.69, 9.17) is 5.73 Å². The van der Waals surface area contributed by atoms with Gasteiger partial charge in [0.15, 0.2) is 0 Å². The highest BCUT2D eigenvalue weighted by molar-refractivity contribution is 7.99. The van der Waals surface area contributed by atoms with Crippen LogP contribution in [0.1, 0.15) is 18.2 Å². The Kier molecular flexibility index (Phi) is 5.35. The summed E-state index contributed by atoms with van der Waals surface area (Å²) in [4.78, 5) is 4.01. The van der Waals surface area contributed by atoms with E-state index in [1.165, 1.54) is 22.8 Å². The summed E-state index contributed by atoms with van der Waals surface area (Å²) in [6.07, 6.45) is 1.34. The van der Waals surface area contributed by atoms with Crippen molar-refractivity contribution in [3.63, 3.8) is 0 Å². The van der Waals surface area contributed by atoms with Crippen LogP contribution in [0.2, 0.25) is 0 Å².